The first kappa shape index (κ1) is 18.8. The summed E-state index contributed by atoms with van der Waals surface area (Å²) in [5.74, 6) is -1.26. The summed E-state index contributed by atoms with van der Waals surface area (Å²) in [6.07, 6.45) is 0. The summed E-state index contributed by atoms with van der Waals surface area (Å²) in [4.78, 5) is 27.0. The Morgan fingerprint density at radius 1 is 1.28 bits per heavy atom. The third-order valence-corrected chi connectivity index (χ3v) is 4.07. The molecule has 3 N–H and O–H groups in total. The van der Waals surface area contributed by atoms with Crippen molar-refractivity contribution in [2.45, 2.75) is 6.04 Å². The summed E-state index contributed by atoms with van der Waals surface area (Å²) in [6.45, 7) is 0.257. The van der Waals surface area contributed by atoms with Gasteiger partial charge in [0.25, 0.3) is 5.91 Å². The predicted octanol–water partition coefficient (Wildman–Crippen LogP) is 1.01. The SMILES string of the molecule is COCCOc1ccc(-c2nc(C(=O)N[C@@H](CO)C(=O)O)cs2)cc1. The predicted molar refractivity (Wildman–Crippen MR) is 90.9 cm³/mol. The second kappa shape index (κ2) is 9.11. The van der Waals surface area contributed by atoms with Crippen LogP contribution in [0.25, 0.3) is 10.6 Å². The lowest BCUT2D eigenvalue weighted by atomic mass is 10.2. The fourth-order valence-electron chi connectivity index (χ4n) is 1.86. The molecule has 25 heavy (non-hydrogen) atoms. The van der Waals surface area contributed by atoms with E-state index in [4.69, 9.17) is 19.7 Å². The minimum absolute atomic E-state index is 0.0973. The fourth-order valence-corrected chi connectivity index (χ4v) is 2.67. The van der Waals surface area contributed by atoms with Crippen molar-refractivity contribution in [3.05, 3.63) is 35.3 Å². The van der Waals surface area contributed by atoms with Gasteiger partial charge in [-0.1, -0.05) is 0 Å². The van der Waals surface area contributed by atoms with Gasteiger partial charge in [-0.15, -0.1) is 11.3 Å². The Hall–Kier alpha value is -2.49. The summed E-state index contributed by atoms with van der Waals surface area (Å²) in [5.41, 5.74) is 0.903. The number of benzene rings is 1. The number of carboxylic acid groups (broad SMARTS) is 1. The van der Waals surface area contributed by atoms with E-state index in [1.165, 1.54) is 16.7 Å². The van der Waals surface area contributed by atoms with Gasteiger partial charge in [0.1, 0.15) is 23.1 Å². The summed E-state index contributed by atoms with van der Waals surface area (Å²) in [5, 5.41) is 22.1. The molecule has 1 atom stereocenters. The zero-order valence-corrected chi connectivity index (χ0v) is 14.3. The largest absolute Gasteiger partial charge is 0.491 e. The van der Waals surface area contributed by atoms with Crippen molar-refractivity contribution in [1.82, 2.24) is 10.3 Å². The van der Waals surface area contributed by atoms with Crippen molar-refractivity contribution < 1.29 is 29.3 Å². The van der Waals surface area contributed by atoms with Crippen molar-refractivity contribution in [1.29, 1.82) is 0 Å². The number of hydrogen-bond donors (Lipinski definition) is 3. The fraction of sp³-hybridized carbons (Fsp3) is 0.312. The second-order valence-electron chi connectivity index (χ2n) is 4.95. The maximum atomic E-state index is 12.0. The molecular formula is C16H18N2O6S. The molecule has 0 unspecified atom stereocenters. The average molecular weight is 366 g/mol. The van der Waals surface area contributed by atoms with Crippen LogP contribution in [-0.4, -0.2) is 60.0 Å². The topological polar surface area (TPSA) is 118 Å². The number of aliphatic hydroxyl groups is 1. The summed E-state index contributed by atoms with van der Waals surface area (Å²) >= 11 is 1.26. The van der Waals surface area contributed by atoms with E-state index in [0.29, 0.717) is 24.0 Å². The molecule has 9 heteroatoms. The Morgan fingerprint density at radius 2 is 2.00 bits per heavy atom. The molecule has 2 rings (SSSR count). The first-order valence-corrected chi connectivity index (χ1v) is 8.25. The molecule has 0 saturated carbocycles. The Kier molecular flexibility index (Phi) is 6.87. The molecule has 8 nitrogen and oxygen atoms in total. The molecule has 1 aromatic heterocycles. The molecule has 2 aromatic rings. The van der Waals surface area contributed by atoms with Crippen LogP contribution in [0, 0.1) is 0 Å². The standard InChI is InChI=1S/C16H18N2O6S/c1-23-6-7-24-11-4-2-10(3-5-11)15-18-13(9-25-15)14(20)17-12(8-19)16(21)22/h2-5,9,12,19H,6-8H2,1H3,(H,17,20)(H,21,22)/t12-/m0/s1. The maximum Gasteiger partial charge on any atom is 0.328 e. The lowest BCUT2D eigenvalue weighted by Gasteiger charge is -2.09. The number of ether oxygens (including phenoxy) is 2. The van der Waals surface area contributed by atoms with Gasteiger partial charge in [0.05, 0.1) is 13.2 Å². The minimum Gasteiger partial charge on any atom is -0.491 e. The van der Waals surface area contributed by atoms with Crippen LogP contribution in [0.15, 0.2) is 29.6 Å². The van der Waals surface area contributed by atoms with Crippen LogP contribution in [0.3, 0.4) is 0 Å². The molecule has 134 valence electrons. The van der Waals surface area contributed by atoms with E-state index < -0.39 is 24.5 Å². The lowest BCUT2D eigenvalue weighted by molar-refractivity contribution is -0.140. The summed E-state index contributed by atoms with van der Waals surface area (Å²) in [7, 11) is 1.60. The van der Waals surface area contributed by atoms with Crippen molar-refractivity contribution in [3.8, 4) is 16.3 Å². The van der Waals surface area contributed by atoms with Crippen LogP contribution in [0.4, 0.5) is 0 Å². The first-order valence-electron chi connectivity index (χ1n) is 7.37. The normalized spacial score (nSPS) is 11.8. The van der Waals surface area contributed by atoms with Gasteiger partial charge in [-0.05, 0) is 24.3 Å². The maximum absolute atomic E-state index is 12.0. The molecule has 0 aliphatic heterocycles. The van der Waals surface area contributed by atoms with Gasteiger partial charge in [-0.2, -0.15) is 0 Å². The number of carboxylic acids is 1. The number of rotatable bonds is 9. The number of thiazole rings is 1. The highest BCUT2D eigenvalue weighted by atomic mass is 32.1. The molecule has 0 fully saturated rings. The molecule has 0 radical (unpaired) electrons. The monoisotopic (exact) mass is 366 g/mol. The summed E-state index contributed by atoms with van der Waals surface area (Å²) < 4.78 is 10.4. The highest BCUT2D eigenvalue weighted by Gasteiger charge is 2.21. The highest BCUT2D eigenvalue weighted by molar-refractivity contribution is 7.13. The number of carbonyl (C=O) groups excluding carboxylic acids is 1. The molecular weight excluding hydrogens is 348 g/mol. The third-order valence-electron chi connectivity index (χ3n) is 3.18. The van der Waals surface area contributed by atoms with Crippen molar-refractivity contribution in [3.63, 3.8) is 0 Å². The van der Waals surface area contributed by atoms with E-state index in [9.17, 15) is 9.59 Å². The lowest BCUT2D eigenvalue weighted by Crippen LogP contribution is -2.43. The molecule has 0 aliphatic carbocycles. The van der Waals surface area contributed by atoms with Gasteiger partial charge < -0.3 is 25.0 Å². The van der Waals surface area contributed by atoms with Crippen LogP contribution in [0.1, 0.15) is 10.5 Å². The summed E-state index contributed by atoms with van der Waals surface area (Å²) in [6, 6.07) is 5.85. The Labute approximate surface area is 148 Å². The molecule has 0 aliphatic rings. The second-order valence-corrected chi connectivity index (χ2v) is 5.81. The average Bonchev–Trinajstić information content (AvgIpc) is 3.10. The number of methoxy groups -OCH3 is 1. The van der Waals surface area contributed by atoms with E-state index in [-0.39, 0.29) is 5.69 Å². The molecule has 1 heterocycles. The van der Waals surface area contributed by atoms with E-state index in [1.807, 2.05) is 12.1 Å². The quantitative estimate of drug-likeness (QED) is 0.567. The van der Waals surface area contributed by atoms with Gasteiger partial charge in [-0.3, -0.25) is 4.79 Å². The van der Waals surface area contributed by atoms with E-state index >= 15 is 0 Å². The van der Waals surface area contributed by atoms with Crippen LogP contribution >= 0.6 is 11.3 Å². The zero-order chi connectivity index (χ0) is 18.2. The number of carbonyl (C=O) groups is 2. The van der Waals surface area contributed by atoms with Gasteiger partial charge in [0, 0.05) is 18.1 Å². The van der Waals surface area contributed by atoms with Gasteiger partial charge in [-0.25, -0.2) is 9.78 Å². The van der Waals surface area contributed by atoms with Crippen LogP contribution in [-0.2, 0) is 9.53 Å². The minimum atomic E-state index is -1.36. The highest BCUT2D eigenvalue weighted by Crippen LogP contribution is 2.25. The van der Waals surface area contributed by atoms with Crippen LogP contribution in [0.5, 0.6) is 5.75 Å². The van der Waals surface area contributed by atoms with Gasteiger partial charge >= 0.3 is 5.97 Å². The molecule has 0 spiro atoms. The molecule has 1 amide bonds. The molecule has 0 saturated heterocycles. The number of nitrogens with zero attached hydrogens (tertiary/aromatic N) is 1. The Balaban J connectivity index is 2.02. The number of aromatic nitrogens is 1. The van der Waals surface area contributed by atoms with Crippen LogP contribution in [0.2, 0.25) is 0 Å². The smallest absolute Gasteiger partial charge is 0.328 e. The van der Waals surface area contributed by atoms with Gasteiger partial charge in [0.2, 0.25) is 0 Å². The van der Waals surface area contributed by atoms with Crippen molar-refractivity contribution >= 4 is 23.2 Å². The number of aliphatic hydroxyl groups excluding tert-OH is 1. The Bertz CT molecular complexity index is 716. The number of hydrogen-bond acceptors (Lipinski definition) is 7. The third kappa shape index (κ3) is 5.24. The number of aliphatic carboxylic acids is 1. The van der Waals surface area contributed by atoms with Gasteiger partial charge in [0.15, 0.2) is 6.04 Å². The molecule has 1 aromatic carbocycles. The first-order chi connectivity index (χ1) is 12.0. The van der Waals surface area contributed by atoms with Crippen LogP contribution < -0.4 is 10.1 Å². The molecule has 0 bridgehead atoms. The number of nitrogens with one attached hydrogen (secondary N) is 1. The number of amides is 1. The van der Waals surface area contributed by atoms with Crippen molar-refractivity contribution in [2.24, 2.45) is 0 Å². The zero-order valence-electron chi connectivity index (χ0n) is 13.5. The van der Waals surface area contributed by atoms with Crippen molar-refractivity contribution in [2.75, 3.05) is 26.9 Å². The van der Waals surface area contributed by atoms with E-state index in [1.54, 1.807) is 19.2 Å². The van der Waals surface area contributed by atoms with E-state index in [0.717, 1.165) is 5.56 Å². The Morgan fingerprint density at radius 3 is 2.60 bits per heavy atom. The van der Waals surface area contributed by atoms with E-state index in [2.05, 4.69) is 10.3 Å².